The van der Waals surface area contributed by atoms with Crippen LogP contribution in [0.15, 0.2) is 76.6 Å². The predicted octanol–water partition coefficient (Wildman–Crippen LogP) is 7.07. The summed E-state index contributed by atoms with van der Waals surface area (Å²) in [6.07, 6.45) is 8.27. The molecule has 16 nitrogen and oxygen atoms in total. The van der Waals surface area contributed by atoms with Crippen molar-refractivity contribution in [2.24, 2.45) is 21.5 Å². The van der Waals surface area contributed by atoms with Crippen LogP contribution in [0.2, 0.25) is 0 Å². The molecule has 1 heterocycles. The minimum Gasteiger partial charge on any atom is -0.495 e. The SMILES string of the molecule is C#CC#CC#CC#CC#CC#CC#CC#CC#CC#CC#CC.CCNC(=O)Nc1ccc(-c2cncc(N[C@@H](COC)c3ccccc3)n2)cc1OC.NN=NN=[N+]([O-])OO.[HH].[HH].[HH].[HH].[HH].[HH].[HH].[HH].[HH].[HH].[HH]. The smallest absolute Gasteiger partial charge is 0.319 e. The molecule has 0 bridgehead atoms. The fraction of sp³-hybridized carbons (Fsp3) is 0.152. The second-order valence-corrected chi connectivity index (χ2v) is 10.1. The minimum atomic E-state index is -0.573. The molecule has 0 unspecified atom stereocenters. The molecule has 3 aromatic rings. The number of benzene rings is 2. The molecule has 326 valence electrons. The van der Waals surface area contributed by atoms with Gasteiger partial charge in [0.1, 0.15) is 11.6 Å². The second kappa shape index (κ2) is 34.3. The minimum absolute atomic E-state index is 0. The van der Waals surface area contributed by atoms with Gasteiger partial charge < -0.3 is 35.6 Å². The Morgan fingerprint density at radius 3 is 1.94 bits per heavy atom. The van der Waals surface area contributed by atoms with Crippen molar-refractivity contribution >= 4 is 17.5 Å². The summed E-state index contributed by atoms with van der Waals surface area (Å²) >= 11 is 0. The fourth-order valence-corrected chi connectivity index (χ4v) is 3.81. The second-order valence-electron chi connectivity index (χ2n) is 10.1. The van der Waals surface area contributed by atoms with Crippen LogP contribution >= 0.6 is 0 Å². The lowest BCUT2D eigenvalue weighted by molar-refractivity contribution is -0.873. The quantitative estimate of drug-likeness (QED) is 0.0435. The number of carbonyl (C=O) groups is 1. The van der Waals surface area contributed by atoms with Crippen LogP contribution < -0.4 is 26.5 Å². The Hall–Kier alpha value is -9.93. The number of aromatic nitrogens is 2. The first-order valence-electron chi connectivity index (χ1n) is 17.2. The van der Waals surface area contributed by atoms with E-state index in [9.17, 15) is 10.0 Å². The largest absolute Gasteiger partial charge is 0.495 e. The maximum absolute atomic E-state index is 11.8. The Kier molecular flexibility index (Phi) is 27.7. The molecule has 0 spiro atoms. The van der Waals surface area contributed by atoms with E-state index in [1.807, 2.05) is 49.4 Å². The number of rotatable bonds is 11. The Balaban J connectivity index is -0.0000000919. The van der Waals surface area contributed by atoms with Crippen LogP contribution in [0, 0.1) is 136 Å². The maximum atomic E-state index is 11.8. The van der Waals surface area contributed by atoms with Crippen LogP contribution in [0.5, 0.6) is 5.75 Å². The molecular weight excluding hydrogens is 789 g/mol. The summed E-state index contributed by atoms with van der Waals surface area (Å²) < 4.78 is 10.8. The first-order chi connectivity index (χ1) is 30.4. The highest BCUT2D eigenvalue weighted by Crippen LogP contribution is 2.30. The zero-order chi connectivity index (χ0) is 45.3. The highest BCUT2D eigenvalue weighted by atomic mass is 17.2. The molecule has 0 radical (unpaired) electrons. The average molecular weight is 845 g/mol. The molecule has 62 heavy (non-hydrogen) atoms. The van der Waals surface area contributed by atoms with Gasteiger partial charge in [0.05, 0.1) is 53.8 Å². The van der Waals surface area contributed by atoms with Crippen molar-refractivity contribution in [3.8, 4) is 148 Å². The predicted molar refractivity (Wildman–Crippen MR) is 256 cm³/mol. The monoisotopic (exact) mass is 844 g/mol. The van der Waals surface area contributed by atoms with Gasteiger partial charge in [-0.2, -0.15) is 0 Å². The molecule has 0 saturated carbocycles. The number of ether oxygens (including phenoxy) is 2. The number of methoxy groups -OCH3 is 2. The standard InChI is InChI=1S/C23H27N5O3.C23H4.H3N5O3.11H2/c1-4-25-23(29)28-18-11-10-17(12-21(18)31-3)19-13-24-14-22(26-19)27-20(15-30-2)16-8-6-5-7-9-16;1-3-5-7-9-11-13-15-17-19-21-23-22-20-18-16-14-12-10-8-6-4-2;1-2-3-4-5(6)8-7;;;;;;;;;;;/h5-14,20H,4,15H2,1-3H3,(H,26,27)(H2,25,28,29);1H,2H3;7H,(H2,1,3);11*1H/t20-;;;;;;;;;;;;;/m0............./s1. The van der Waals surface area contributed by atoms with Crippen LogP contribution in [0.1, 0.15) is 41.1 Å². The summed E-state index contributed by atoms with van der Waals surface area (Å²) in [6.45, 7) is 4.58. The van der Waals surface area contributed by atoms with Crippen LogP contribution in [-0.4, -0.2) is 53.7 Å². The van der Waals surface area contributed by atoms with Crippen molar-refractivity contribution < 1.29 is 45.2 Å². The molecule has 2 aromatic carbocycles. The van der Waals surface area contributed by atoms with E-state index in [0.717, 1.165) is 11.1 Å². The topological polar surface area (TPSA) is 216 Å². The molecule has 16 heteroatoms. The molecule has 0 aliphatic rings. The van der Waals surface area contributed by atoms with Gasteiger partial charge in [0.25, 0.3) is 0 Å². The van der Waals surface area contributed by atoms with E-state index in [4.69, 9.17) is 26.1 Å². The van der Waals surface area contributed by atoms with Gasteiger partial charge in [0.2, 0.25) is 10.4 Å². The Morgan fingerprint density at radius 2 is 1.45 bits per heavy atom. The van der Waals surface area contributed by atoms with Crippen LogP contribution in [-0.2, 0) is 9.73 Å². The average Bonchev–Trinajstić information content (AvgIpc) is 3.30. The van der Waals surface area contributed by atoms with E-state index in [1.54, 1.807) is 39.6 Å². The Bertz CT molecular complexity index is 2780. The normalized spacial score (nSPS) is 8.74. The third-order valence-electron chi connectivity index (χ3n) is 6.13. The highest BCUT2D eigenvalue weighted by molar-refractivity contribution is 5.91. The number of nitrogens with one attached hydrogen (secondary N) is 3. The zero-order valence-corrected chi connectivity index (χ0v) is 33.6. The summed E-state index contributed by atoms with van der Waals surface area (Å²) in [5.41, 5.74) is 3.16. The Labute approximate surface area is 376 Å². The number of hydrogen-bond donors (Lipinski definition) is 5. The lowest BCUT2D eigenvalue weighted by atomic mass is 10.1. The van der Waals surface area contributed by atoms with Gasteiger partial charge in [-0.05, 0) is 126 Å². The first-order valence-corrected chi connectivity index (χ1v) is 17.2. The number of urea groups is 1. The zero-order valence-electron chi connectivity index (χ0n) is 33.6. The molecule has 0 aliphatic heterocycles. The van der Waals surface area contributed by atoms with E-state index < -0.39 is 5.02 Å². The highest BCUT2D eigenvalue weighted by Gasteiger charge is 2.14. The first kappa shape index (κ1) is 50.1. The lowest BCUT2D eigenvalue weighted by Gasteiger charge is -2.19. The summed E-state index contributed by atoms with van der Waals surface area (Å²) in [5, 5.41) is 33.0. The van der Waals surface area contributed by atoms with E-state index in [1.165, 1.54) is 0 Å². The molecule has 0 aliphatic carbocycles. The van der Waals surface area contributed by atoms with Crippen LogP contribution in [0.3, 0.4) is 0 Å². The molecule has 3 rings (SSSR count). The fourth-order valence-electron chi connectivity index (χ4n) is 3.81. The number of anilines is 2. The van der Waals surface area contributed by atoms with E-state index in [2.05, 4.69) is 172 Å². The van der Waals surface area contributed by atoms with Crippen molar-refractivity contribution in [3.05, 3.63) is 71.7 Å². The summed E-state index contributed by atoms with van der Waals surface area (Å²) in [6, 6.07) is 15.2. The Morgan fingerprint density at radius 1 is 0.887 bits per heavy atom. The number of nitrogens with two attached hydrogens (primary N) is 1. The number of hydrogen-bond acceptors (Lipinski definition) is 10. The maximum Gasteiger partial charge on any atom is 0.319 e. The lowest BCUT2D eigenvalue weighted by Crippen LogP contribution is -2.28. The van der Waals surface area contributed by atoms with Gasteiger partial charge in [0, 0.05) is 58.6 Å². The van der Waals surface area contributed by atoms with Gasteiger partial charge in [0.15, 0.2) is 0 Å². The summed E-state index contributed by atoms with van der Waals surface area (Å²) in [5.74, 6) is 57.5. The van der Waals surface area contributed by atoms with Gasteiger partial charge in [-0.1, -0.05) is 42.3 Å². The van der Waals surface area contributed by atoms with E-state index >= 15 is 0 Å². The van der Waals surface area contributed by atoms with Crippen LogP contribution in [0.25, 0.3) is 11.3 Å². The van der Waals surface area contributed by atoms with Crippen LogP contribution in [0.4, 0.5) is 16.3 Å². The van der Waals surface area contributed by atoms with Crippen molar-refractivity contribution in [1.82, 2.24) is 15.3 Å². The van der Waals surface area contributed by atoms with Crippen molar-refractivity contribution in [2.75, 3.05) is 38.0 Å². The number of carbonyl (C=O) groups excluding carboxylic acids is 1. The summed E-state index contributed by atoms with van der Waals surface area (Å²) in [7, 11) is 3.23. The number of nitrogens with zero attached hydrogens (tertiary/aromatic N) is 6. The number of terminal acetylenes is 1. The summed E-state index contributed by atoms with van der Waals surface area (Å²) in [4.78, 5) is 23.8. The molecule has 0 fully saturated rings. The molecular formula is C46H56N10O6. The third kappa shape index (κ3) is 23.9. The number of amides is 2. The van der Waals surface area contributed by atoms with E-state index in [0.29, 0.717) is 36.1 Å². The van der Waals surface area contributed by atoms with Gasteiger partial charge >= 0.3 is 6.03 Å². The molecule has 6 N–H and O–H groups in total. The third-order valence-corrected chi connectivity index (χ3v) is 6.13. The van der Waals surface area contributed by atoms with E-state index in [-0.39, 0.29) is 27.8 Å². The van der Waals surface area contributed by atoms with Gasteiger partial charge in [-0.15, -0.1) is 6.42 Å². The van der Waals surface area contributed by atoms with Crippen molar-refractivity contribution in [1.29, 1.82) is 0 Å². The van der Waals surface area contributed by atoms with Gasteiger partial charge in [-0.3, -0.25) is 16.1 Å². The molecule has 1 atom stereocenters. The van der Waals surface area contributed by atoms with Gasteiger partial charge in [-0.25, -0.2) is 9.78 Å². The molecule has 1 aromatic heterocycles. The molecule has 0 saturated heterocycles. The van der Waals surface area contributed by atoms with Crippen molar-refractivity contribution in [2.45, 2.75) is 19.9 Å². The molecule has 2 amide bonds. The van der Waals surface area contributed by atoms with Crippen molar-refractivity contribution in [3.63, 3.8) is 0 Å².